The Balaban J connectivity index is 0.000000867. The number of hydrogen-bond donors (Lipinski definition) is 5. The molecule has 5 rings (SSSR count). The molecule has 0 fully saturated rings. The predicted molar refractivity (Wildman–Crippen MR) is 144 cm³/mol. The van der Waals surface area contributed by atoms with Gasteiger partial charge in [0.05, 0.1) is 6.61 Å². The normalized spacial score (nSPS) is 12.6. The van der Waals surface area contributed by atoms with Crippen LogP contribution in [-0.4, -0.2) is 62.0 Å². The lowest BCUT2D eigenvalue weighted by Gasteiger charge is -2.25. The Hall–Kier alpha value is -5.24. The summed E-state index contributed by atoms with van der Waals surface area (Å²) in [5.74, 6) is 0.839. The van der Waals surface area contributed by atoms with Crippen LogP contribution < -0.4 is 26.2 Å². The molecule has 0 spiro atoms. The van der Waals surface area contributed by atoms with Gasteiger partial charge in [0.15, 0.2) is 17.3 Å². The third-order valence-corrected chi connectivity index (χ3v) is 5.53. The molecule has 1 aliphatic rings. The molecule has 3 heterocycles. The molecule has 1 atom stereocenters. The van der Waals surface area contributed by atoms with Crippen molar-refractivity contribution in [2.45, 2.75) is 19.6 Å². The Labute approximate surface area is 228 Å². The fourth-order valence-corrected chi connectivity index (χ4v) is 3.91. The van der Waals surface area contributed by atoms with E-state index in [4.69, 9.17) is 35.3 Å². The number of aliphatic carboxylic acids is 1. The van der Waals surface area contributed by atoms with Crippen molar-refractivity contribution in [2.75, 3.05) is 25.6 Å². The highest BCUT2D eigenvalue weighted by Crippen LogP contribution is 2.39. The number of aromatic amines is 1. The number of carboxylic acid groups (broad SMARTS) is 1. The van der Waals surface area contributed by atoms with Crippen LogP contribution in [0.2, 0.25) is 0 Å². The molecule has 0 aliphatic carbocycles. The molecule has 1 aliphatic heterocycles. The number of methoxy groups -OCH3 is 1. The fourth-order valence-electron chi connectivity index (χ4n) is 3.91. The van der Waals surface area contributed by atoms with Crippen molar-refractivity contribution in [3.05, 3.63) is 87.9 Å². The first-order chi connectivity index (χ1) is 19.3. The van der Waals surface area contributed by atoms with Crippen molar-refractivity contribution in [2.24, 2.45) is 5.73 Å². The number of hydrogen-bond acceptors (Lipinski definition) is 10. The van der Waals surface area contributed by atoms with Crippen molar-refractivity contribution in [1.29, 1.82) is 5.41 Å². The van der Waals surface area contributed by atoms with E-state index in [-0.39, 0.29) is 11.8 Å². The van der Waals surface area contributed by atoms with E-state index >= 15 is 0 Å². The molecule has 40 heavy (non-hydrogen) atoms. The van der Waals surface area contributed by atoms with Gasteiger partial charge in [-0.1, -0.05) is 0 Å². The maximum Gasteiger partial charge on any atom is 0.350 e. The Morgan fingerprint density at radius 1 is 1.23 bits per heavy atom. The number of rotatable bonds is 8. The van der Waals surface area contributed by atoms with Crippen molar-refractivity contribution in [3.8, 4) is 17.4 Å². The van der Waals surface area contributed by atoms with E-state index in [1.54, 1.807) is 37.4 Å². The van der Waals surface area contributed by atoms with Gasteiger partial charge in [-0.25, -0.2) is 14.8 Å². The molecular formula is C26H28N8O6. The molecule has 6 N–H and O–H groups in total. The molecule has 0 saturated carbocycles. The van der Waals surface area contributed by atoms with Crippen LogP contribution in [0, 0.1) is 5.41 Å². The molecule has 14 heteroatoms. The monoisotopic (exact) mass is 548 g/mol. The number of amidine groups is 1. The van der Waals surface area contributed by atoms with E-state index < -0.39 is 17.7 Å². The average Bonchev–Trinajstić information content (AvgIpc) is 3.33. The van der Waals surface area contributed by atoms with E-state index in [1.165, 1.54) is 12.4 Å². The third kappa shape index (κ3) is 6.60. The molecule has 4 aromatic rings. The number of nitrogen functional groups attached to an aromatic ring is 1. The van der Waals surface area contributed by atoms with Gasteiger partial charge >= 0.3 is 5.69 Å². The van der Waals surface area contributed by atoms with Gasteiger partial charge in [0, 0.05) is 43.2 Å². The smallest absolute Gasteiger partial charge is 0.350 e. The summed E-state index contributed by atoms with van der Waals surface area (Å²) in [6.07, 6.45) is 3.07. The summed E-state index contributed by atoms with van der Waals surface area (Å²) < 4.78 is 18.2. The van der Waals surface area contributed by atoms with Crippen LogP contribution in [0.4, 0.5) is 5.69 Å². The molecule has 0 bridgehead atoms. The molecule has 0 saturated heterocycles. The highest BCUT2D eigenvalue weighted by Gasteiger charge is 2.25. The summed E-state index contributed by atoms with van der Waals surface area (Å²) >= 11 is 0. The minimum absolute atomic E-state index is 0.0277. The zero-order valence-electron chi connectivity index (χ0n) is 21.7. The molecule has 0 amide bonds. The van der Waals surface area contributed by atoms with Crippen molar-refractivity contribution in [3.63, 3.8) is 0 Å². The molecule has 2 aromatic carbocycles. The van der Waals surface area contributed by atoms with Gasteiger partial charge < -0.3 is 30.4 Å². The summed E-state index contributed by atoms with van der Waals surface area (Å²) in [4.78, 5) is 32.9. The number of H-pyrrole nitrogens is 1. The van der Waals surface area contributed by atoms with Crippen LogP contribution in [0.25, 0.3) is 5.95 Å². The number of benzene rings is 2. The summed E-state index contributed by atoms with van der Waals surface area (Å²) in [7, 11) is 1.61. The number of carboxylic acids is 1. The quantitative estimate of drug-likeness (QED) is 0.159. The minimum Gasteiger partial charge on any atom is -0.486 e. The summed E-state index contributed by atoms with van der Waals surface area (Å²) in [5, 5.41) is 22.9. The first-order valence-corrected chi connectivity index (χ1v) is 12.0. The number of ether oxygens (including phenoxy) is 3. The van der Waals surface area contributed by atoms with Crippen LogP contribution >= 0.6 is 0 Å². The van der Waals surface area contributed by atoms with Gasteiger partial charge in [0.1, 0.15) is 25.1 Å². The van der Waals surface area contributed by atoms with E-state index in [9.17, 15) is 4.79 Å². The van der Waals surface area contributed by atoms with Crippen LogP contribution in [0.1, 0.15) is 35.5 Å². The molecule has 0 radical (unpaired) electrons. The summed E-state index contributed by atoms with van der Waals surface area (Å²) in [5.41, 5.74) is 7.99. The molecule has 2 aromatic heterocycles. The minimum atomic E-state index is -0.833. The SMILES string of the molecule is CC(=O)O.COCc1cc(C(Nc2ccc(C(=N)N)cc2)c2nn(-c3ncccn3)c(=O)[nH]2)cc2c1OCCO2. The van der Waals surface area contributed by atoms with E-state index in [0.29, 0.717) is 42.7 Å². The second-order valence-electron chi connectivity index (χ2n) is 8.50. The number of nitrogens with two attached hydrogens (primary N) is 1. The van der Waals surface area contributed by atoms with E-state index in [2.05, 4.69) is 25.4 Å². The first kappa shape index (κ1) is 27.8. The Bertz CT molecular complexity index is 1530. The number of aromatic nitrogens is 5. The topological polar surface area (TPSA) is 203 Å². The third-order valence-electron chi connectivity index (χ3n) is 5.53. The fraction of sp³-hybridized carbons (Fsp3) is 0.231. The molecule has 208 valence electrons. The van der Waals surface area contributed by atoms with Crippen molar-refractivity contribution in [1.82, 2.24) is 24.7 Å². The summed E-state index contributed by atoms with van der Waals surface area (Å²) in [6, 6.07) is 11.9. The van der Waals surface area contributed by atoms with Crippen molar-refractivity contribution < 1.29 is 24.1 Å². The highest BCUT2D eigenvalue weighted by molar-refractivity contribution is 5.95. The maximum atomic E-state index is 12.8. The highest BCUT2D eigenvalue weighted by atomic mass is 16.6. The zero-order valence-corrected chi connectivity index (χ0v) is 21.7. The van der Waals surface area contributed by atoms with E-state index in [0.717, 1.165) is 28.4 Å². The van der Waals surface area contributed by atoms with Gasteiger partial charge in [-0.05, 0) is 48.0 Å². The Morgan fingerprint density at radius 2 is 1.90 bits per heavy atom. The zero-order chi connectivity index (χ0) is 28.6. The number of fused-ring (bicyclic) bond motifs is 1. The predicted octanol–water partition coefficient (Wildman–Crippen LogP) is 1.84. The van der Waals surface area contributed by atoms with Crippen molar-refractivity contribution >= 4 is 17.5 Å². The van der Waals surface area contributed by atoms with Crippen LogP contribution in [0.15, 0.2) is 59.7 Å². The maximum absolute atomic E-state index is 12.8. The lowest BCUT2D eigenvalue weighted by atomic mass is 10.0. The van der Waals surface area contributed by atoms with Gasteiger partial charge in [0.25, 0.3) is 11.9 Å². The molecule has 14 nitrogen and oxygen atoms in total. The van der Waals surface area contributed by atoms with Gasteiger partial charge in [-0.15, -0.1) is 9.78 Å². The summed E-state index contributed by atoms with van der Waals surface area (Å²) in [6.45, 7) is 2.26. The van der Waals surface area contributed by atoms with Crippen LogP contribution in [-0.2, 0) is 16.1 Å². The Morgan fingerprint density at radius 3 is 2.55 bits per heavy atom. The number of nitrogens with one attached hydrogen (secondary N) is 3. The first-order valence-electron chi connectivity index (χ1n) is 12.0. The molecular weight excluding hydrogens is 520 g/mol. The van der Waals surface area contributed by atoms with Gasteiger partial charge in [0.2, 0.25) is 0 Å². The van der Waals surface area contributed by atoms with Gasteiger partial charge in [-0.3, -0.25) is 15.2 Å². The number of carbonyl (C=O) groups is 1. The average molecular weight is 549 g/mol. The lowest BCUT2D eigenvalue weighted by molar-refractivity contribution is -0.134. The number of nitrogens with zero attached hydrogens (tertiary/aromatic N) is 4. The second kappa shape index (κ2) is 12.5. The van der Waals surface area contributed by atoms with Gasteiger partial charge in [-0.2, -0.15) is 0 Å². The standard InChI is InChI=1S/C24H24N8O4.C2H4O2/c1-34-13-16-11-15(12-18-20(16)36-10-9-35-18)19(29-17-5-3-14(4-6-17)21(25)26)22-30-24(33)32(31-22)23-27-7-2-8-28-23;1-2(3)4/h2-8,11-12,19,29H,9-10,13H2,1H3,(H3,25,26)(H,30,31,33);1H3,(H,3,4). The Kier molecular flexibility index (Phi) is 8.71. The van der Waals surface area contributed by atoms with E-state index in [1.807, 2.05) is 12.1 Å². The largest absolute Gasteiger partial charge is 0.486 e. The number of anilines is 1. The lowest BCUT2D eigenvalue weighted by Crippen LogP contribution is -2.20. The second-order valence-corrected chi connectivity index (χ2v) is 8.50. The molecule has 1 unspecified atom stereocenters. The van der Waals surface area contributed by atoms with Crippen LogP contribution in [0.5, 0.6) is 11.5 Å². The van der Waals surface area contributed by atoms with Crippen LogP contribution in [0.3, 0.4) is 0 Å².